The summed E-state index contributed by atoms with van der Waals surface area (Å²) in [5.74, 6) is 0. The molecule has 1 heterocycles. The average Bonchev–Trinajstić information content (AvgIpc) is 2.72. The minimum absolute atomic E-state index is 0.254. The number of hydrogen-bond donors (Lipinski definition) is 1. The summed E-state index contributed by atoms with van der Waals surface area (Å²) >= 11 is 0. The maximum atomic E-state index is 6.20. The molecule has 1 atom stereocenters. The molecule has 0 amide bonds. The first-order valence-electron chi connectivity index (χ1n) is 7.76. The lowest BCUT2D eigenvalue weighted by Crippen LogP contribution is -2.18. The van der Waals surface area contributed by atoms with Gasteiger partial charge in [0.15, 0.2) is 0 Å². The van der Waals surface area contributed by atoms with E-state index >= 15 is 0 Å². The van der Waals surface area contributed by atoms with Gasteiger partial charge in [0.2, 0.25) is 0 Å². The predicted octanol–water partition coefficient (Wildman–Crippen LogP) is 3.34. The van der Waals surface area contributed by atoms with Gasteiger partial charge < -0.3 is 15.0 Å². The van der Waals surface area contributed by atoms with E-state index in [0.717, 1.165) is 32.6 Å². The Labute approximate surface area is 117 Å². The standard InChI is InChI=1S/C16H28N2O/c1-3-4-10-19-11-6-9-18-13(2)12-14-15(17)7-5-8-16(14)18/h12,15H,3-11,17H2,1-2H3. The second-order valence-corrected chi connectivity index (χ2v) is 5.66. The van der Waals surface area contributed by atoms with Crippen LogP contribution in [0.5, 0.6) is 0 Å². The third kappa shape index (κ3) is 3.61. The van der Waals surface area contributed by atoms with Crippen LogP contribution in [0.25, 0.3) is 0 Å². The van der Waals surface area contributed by atoms with Crippen molar-refractivity contribution >= 4 is 0 Å². The van der Waals surface area contributed by atoms with E-state index in [4.69, 9.17) is 10.5 Å². The fourth-order valence-electron chi connectivity index (χ4n) is 2.98. The number of ether oxygens (including phenoxy) is 1. The first kappa shape index (κ1) is 14.6. The Kier molecular flexibility index (Phi) is 5.46. The molecule has 0 radical (unpaired) electrons. The molecule has 2 N–H and O–H groups in total. The van der Waals surface area contributed by atoms with Crippen LogP contribution in [-0.2, 0) is 17.7 Å². The Morgan fingerprint density at radius 1 is 1.37 bits per heavy atom. The van der Waals surface area contributed by atoms with Crippen molar-refractivity contribution in [1.29, 1.82) is 0 Å². The monoisotopic (exact) mass is 264 g/mol. The van der Waals surface area contributed by atoms with Gasteiger partial charge in [-0.2, -0.15) is 0 Å². The lowest BCUT2D eigenvalue weighted by molar-refractivity contribution is 0.125. The smallest absolute Gasteiger partial charge is 0.0483 e. The zero-order valence-corrected chi connectivity index (χ0v) is 12.5. The molecule has 0 spiro atoms. The summed E-state index contributed by atoms with van der Waals surface area (Å²) in [6.45, 7) is 7.24. The molecular weight excluding hydrogens is 236 g/mol. The molecule has 1 aromatic rings. The Hall–Kier alpha value is -0.800. The van der Waals surface area contributed by atoms with Gasteiger partial charge in [0.1, 0.15) is 0 Å². The Morgan fingerprint density at radius 3 is 2.95 bits per heavy atom. The molecule has 0 aliphatic heterocycles. The van der Waals surface area contributed by atoms with E-state index in [1.807, 2.05) is 0 Å². The highest BCUT2D eigenvalue weighted by Gasteiger charge is 2.21. The van der Waals surface area contributed by atoms with E-state index in [1.54, 1.807) is 0 Å². The molecule has 0 saturated carbocycles. The summed E-state index contributed by atoms with van der Waals surface area (Å²) in [7, 11) is 0. The van der Waals surface area contributed by atoms with Crippen molar-refractivity contribution in [2.24, 2.45) is 5.73 Å². The second-order valence-electron chi connectivity index (χ2n) is 5.66. The van der Waals surface area contributed by atoms with Crippen LogP contribution in [-0.4, -0.2) is 17.8 Å². The molecular formula is C16H28N2O. The number of hydrogen-bond acceptors (Lipinski definition) is 2. The van der Waals surface area contributed by atoms with Gasteiger partial charge in [0.25, 0.3) is 0 Å². The van der Waals surface area contributed by atoms with Crippen molar-refractivity contribution in [3.05, 3.63) is 23.0 Å². The summed E-state index contributed by atoms with van der Waals surface area (Å²) in [5, 5.41) is 0. The number of aryl methyl sites for hydroxylation is 1. The molecule has 3 heteroatoms. The Bertz CT molecular complexity index is 398. The van der Waals surface area contributed by atoms with Crippen LogP contribution in [0.15, 0.2) is 6.07 Å². The van der Waals surface area contributed by atoms with E-state index in [0.29, 0.717) is 0 Å². The highest BCUT2D eigenvalue weighted by molar-refractivity contribution is 5.32. The van der Waals surface area contributed by atoms with Crippen LogP contribution in [0.3, 0.4) is 0 Å². The molecule has 1 unspecified atom stereocenters. The number of unbranched alkanes of at least 4 members (excludes halogenated alkanes) is 1. The summed E-state index contributed by atoms with van der Waals surface area (Å²) < 4.78 is 8.10. The molecule has 19 heavy (non-hydrogen) atoms. The fraction of sp³-hybridized carbons (Fsp3) is 0.750. The van der Waals surface area contributed by atoms with E-state index in [9.17, 15) is 0 Å². The van der Waals surface area contributed by atoms with Crippen molar-refractivity contribution in [3.63, 3.8) is 0 Å². The highest BCUT2D eigenvalue weighted by Crippen LogP contribution is 2.30. The average molecular weight is 264 g/mol. The maximum absolute atomic E-state index is 6.20. The topological polar surface area (TPSA) is 40.2 Å². The lowest BCUT2D eigenvalue weighted by Gasteiger charge is -2.21. The first-order chi connectivity index (χ1) is 9.24. The largest absolute Gasteiger partial charge is 0.381 e. The molecule has 2 rings (SSSR count). The van der Waals surface area contributed by atoms with Gasteiger partial charge in [-0.25, -0.2) is 0 Å². The quantitative estimate of drug-likeness (QED) is 0.767. The molecule has 0 fully saturated rings. The van der Waals surface area contributed by atoms with Gasteiger partial charge in [-0.05, 0) is 50.7 Å². The molecule has 3 nitrogen and oxygen atoms in total. The normalized spacial score (nSPS) is 18.6. The number of fused-ring (bicyclic) bond motifs is 1. The third-order valence-electron chi connectivity index (χ3n) is 4.09. The summed E-state index contributed by atoms with van der Waals surface area (Å²) in [4.78, 5) is 0. The molecule has 108 valence electrons. The lowest BCUT2D eigenvalue weighted by atomic mass is 9.93. The number of nitrogens with zero attached hydrogens (tertiary/aromatic N) is 1. The Morgan fingerprint density at radius 2 is 2.16 bits per heavy atom. The fourth-order valence-corrected chi connectivity index (χ4v) is 2.98. The van der Waals surface area contributed by atoms with Gasteiger partial charge in [-0.15, -0.1) is 0 Å². The van der Waals surface area contributed by atoms with Crippen LogP contribution >= 0.6 is 0 Å². The van der Waals surface area contributed by atoms with Crippen molar-refractivity contribution in [2.75, 3.05) is 13.2 Å². The van der Waals surface area contributed by atoms with Crippen molar-refractivity contribution in [2.45, 2.75) is 65.0 Å². The molecule has 1 aliphatic carbocycles. The van der Waals surface area contributed by atoms with Crippen LogP contribution in [0, 0.1) is 6.92 Å². The van der Waals surface area contributed by atoms with Crippen molar-refractivity contribution < 1.29 is 4.74 Å². The second kappa shape index (κ2) is 7.11. The van der Waals surface area contributed by atoms with Crippen molar-refractivity contribution in [1.82, 2.24) is 4.57 Å². The summed E-state index contributed by atoms with van der Waals surface area (Å²) in [6.07, 6.45) is 7.03. The number of aromatic nitrogens is 1. The van der Waals surface area contributed by atoms with E-state index in [2.05, 4.69) is 24.5 Å². The molecule has 0 aromatic carbocycles. The maximum Gasteiger partial charge on any atom is 0.0483 e. The zero-order valence-electron chi connectivity index (χ0n) is 12.5. The molecule has 0 bridgehead atoms. The van der Waals surface area contributed by atoms with E-state index in [1.165, 1.54) is 42.6 Å². The van der Waals surface area contributed by atoms with Crippen LogP contribution in [0.2, 0.25) is 0 Å². The number of rotatable bonds is 7. The molecule has 1 aliphatic rings. The minimum atomic E-state index is 0.254. The first-order valence-corrected chi connectivity index (χ1v) is 7.76. The summed E-state index contributed by atoms with van der Waals surface area (Å²) in [5.41, 5.74) is 10.4. The Balaban J connectivity index is 1.86. The van der Waals surface area contributed by atoms with Crippen molar-refractivity contribution in [3.8, 4) is 0 Å². The van der Waals surface area contributed by atoms with E-state index < -0.39 is 0 Å². The van der Waals surface area contributed by atoms with Gasteiger partial charge in [0, 0.05) is 37.2 Å². The third-order valence-corrected chi connectivity index (χ3v) is 4.09. The van der Waals surface area contributed by atoms with Gasteiger partial charge >= 0.3 is 0 Å². The predicted molar refractivity (Wildman–Crippen MR) is 79.4 cm³/mol. The number of nitrogens with two attached hydrogens (primary N) is 1. The van der Waals surface area contributed by atoms with Gasteiger partial charge in [-0.3, -0.25) is 0 Å². The van der Waals surface area contributed by atoms with Crippen LogP contribution in [0.4, 0.5) is 0 Å². The van der Waals surface area contributed by atoms with Crippen LogP contribution in [0.1, 0.15) is 62.0 Å². The van der Waals surface area contributed by atoms with Crippen LogP contribution < -0.4 is 5.73 Å². The van der Waals surface area contributed by atoms with E-state index in [-0.39, 0.29) is 6.04 Å². The molecule has 0 saturated heterocycles. The molecule has 1 aromatic heterocycles. The minimum Gasteiger partial charge on any atom is -0.381 e. The highest BCUT2D eigenvalue weighted by atomic mass is 16.5. The SMILES string of the molecule is CCCCOCCCn1c(C)cc2c1CCCC2N. The van der Waals surface area contributed by atoms with Gasteiger partial charge in [-0.1, -0.05) is 13.3 Å². The van der Waals surface area contributed by atoms with Gasteiger partial charge in [0.05, 0.1) is 0 Å². The summed E-state index contributed by atoms with van der Waals surface area (Å²) in [6, 6.07) is 2.54. The zero-order chi connectivity index (χ0) is 13.7.